The summed E-state index contributed by atoms with van der Waals surface area (Å²) in [5, 5.41) is 3.17. The van der Waals surface area contributed by atoms with Gasteiger partial charge in [0.05, 0.1) is 5.38 Å². The van der Waals surface area contributed by atoms with Crippen LogP contribution in [0.5, 0.6) is 0 Å². The first kappa shape index (κ1) is 11.2. The molecule has 0 spiro atoms. The molecule has 0 saturated heterocycles. The first-order valence-electron chi connectivity index (χ1n) is 4.81. The van der Waals surface area contributed by atoms with E-state index in [1.165, 1.54) is 24.6 Å². The molecule has 0 aliphatic heterocycles. The average Bonchev–Trinajstić information content (AvgIpc) is 2.09. The van der Waals surface area contributed by atoms with Gasteiger partial charge in [-0.3, -0.25) is 4.79 Å². The first-order chi connectivity index (χ1) is 6.24. The van der Waals surface area contributed by atoms with Crippen molar-refractivity contribution in [1.82, 2.24) is 5.32 Å². The number of hydrogen-bond acceptors (Lipinski definition) is 2. The Labute approximate surface area is 88.8 Å². The smallest absolute Gasteiger partial charge is 0.279 e. The molecule has 0 aromatic rings. The molecular weight excluding hydrogens is 206 g/mol. The minimum Gasteiger partial charge on any atom is -0.343 e. The highest BCUT2D eigenvalue weighted by Gasteiger charge is 2.24. The number of amides is 1. The van der Waals surface area contributed by atoms with Crippen LogP contribution in [0.1, 0.15) is 32.6 Å². The van der Waals surface area contributed by atoms with Crippen LogP contribution < -0.4 is 5.32 Å². The molecule has 1 amide bonds. The van der Waals surface area contributed by atoms with Gasteiger partial charge in [-0.15, -0.1) is 11.6 Å². The van der Waals surface area contributed by atoms with Crippen molar-refractivity contribution in [3.63, 3.8) is 0 Å². The number of halogens is 1. The van der Waals surface area contributed by atoms with Crippen molar-refractivity contribution >= 4 is 28.6 Å². The Balaban J connectivity index is 2.29. The molecule has 1 saturated carbocycles. The van der Waals surface area contributed by atoms with Crippen molar-refractivity contribution in [2.45, 2.75) is 44.0 Å². The minimum atomic E-state index is 0.0695. The SMILES string of the molecule is CCSC(=O)N[C@@H]1CCCC[C@H]1Cl. The fraction of sp³-hybridized carbons (Fsp3) is 0.889. The van der Waals surface area contributed by atoms with E-state index in [9.17, 15) is 4.79 Å². The van der Waals surface area contributed by atoms with Crippen LogP contribution >= 0.6 is 23.4 Å². The summed E-state index contributed by atoms with van der Waals surface area (Å²) in [5.74, 6) is 0.825. The molecule has 0 radical (unpaired) electrons. The number of alkyl halides is 1. The van der Waals surface area contributed by atoms with E-state index in [1.807, 2.05) is 6.92 Å². The van der Waals surface area contributed by atoms with Gasteiger partial charge in [0.1, 0.15) is 0 Å². The maximum absolute atomic E-state index is 11.3. The fourth-order valence-electron chi connectivity index (χ4n) is 1.57. The second kappa shape index (κ2) is 5.76. The van der Waals surface area contributed by atoms with Crippen LogP contribution in [-0.2, 0) is 0 Å². The minimum absolute atomic E-state index is 0.0695. The van der Waals surface area contributed by atoms with E-state index in [0.717, 1.165) is 18.6 Å². The fourth-order valence-corrected chi connectivity index (χ4v) is 2.41. The monoisotopic (exact) mass is 221 g/mol. The number of nitrogens with one attached hydrogen (secondary N) is 1. The summed E-state index contributed by atoms with van der Waals surface area (Å²) in [4.78, 5) is 11.3. The summed E-state index contributed by atoms with van der Waals surface area (Å²) in [7, 11) is 0. The van der Waals surface area contributed by atoms with E-state index in [1.54, 1.807) is 0 Å². The molecular formula is C9H16ClNOS. The third-order valence-electron chi connectivity index (χ3n) is 2.26. The predicted octanol–water partition coefficient (Wildman–Crippen LogP) is 3.00. The second-order valence-electron chi connectivity index (χ2n) is 3.27. The van der Waals surface area contributed by atoms with E-state index in [-0.39, 0.29) is 16.7 Å². The van der Waals surface area contributed by atoms with Gasteiger partial charge in [0.25, 0.3) is 5.24 Å². The van der Waals surface area contributed by atoms with Crippen LogP contribution in [0, 0.1) is 0 Å². The molecule has 0 aromatic carbocycles. The number of thioether (sulfide) groups is 1. The second-order valence-corrected chi connectivity index (χ2v) is 5.07. The van der Waals surface area contributed by atoms with Gasteiger partial charge in [0, 0.05) is 6.04 Å². The van der Waals surface area contributed by atoms with Crippen molar-refractivity contribution in [3.8, 4) is 0 Å². The van der Waals surface area contributed by atoms with E-state index in [4.69, 9.17) is 11.6 Å². The third-order valence-corrected chi connectivity index (χ3v) is 3.45. The Morgan fingerprint density at radius 1 is 1.54 bits per heavy atom. The highest BCUT2D eigenvalue weighted by molar-refractivity contribution is 8.13. The Morgan fingerprint density at radius 3 is 2.85 bits per heavy atom. The predicted molar refractivity (Wildman–Crippen MR) is 58.6 cm³/mol. The first-order valence-corrected chi connectivity index (χ1v) is 6.23. The summed E-state index contributed by atoms with van der Waals surface area (Å²) in [6.45, 7) is 1.98. The van der Waals surface area contributed by atoms with Gasteiger partial charge in [0.2, 0.25) is 0 Å². The van der Waals surface area contributed by atoms with E-state index < -0.39 is 0 Å². The number of rotatable bonds is 2. The zero-order chi connectivity index (χ0) is 9.68. The molecule has 0 unspecified atom stereocenters. The Kier molecular flexibility index (Phi) is 4.96. The zero-order valence-electron chi connectivity index (χ0n) is 7.88. The van der Waals surface area contributed by atoms with Crippen LogP contribution in [0.3, 0.4) is 0 Å². The molecule has 2 atom stereocenters. The molecule has 4 heteroatoms. The molecule has 0 aromatic heterocycles. The van der Waals surface area contributed by atoms with Gasteiger partial charge in [-0.2, -0.15) is 0 Å². The normalized spacial score (nSPS) is 28.5. The molecule has 0 bridgehead atoms. The number of carbonyl (C=O) groups excluding carboxylic acids is 1. The summed E-state index contributed by atoms with van der Waals surface area (Å²) in [5.41, 5.74) is 0. The molecule has 1 aliphatic rings. The molecule has 2 nitrogen and oxygen atoms in total. The summed E-state index contributed by atoms with van der Waals surface area (Å²) in [6.07, 6.45) is 4.44. The van der Waals surface area contributed by atoms with E-state index in [2.05, 4.69) is 5.32 Å². The van der Waals surface area contributed by atoms with Crippen molar-refractivity contribution in [2.75, 3.05) is 5.75 Å². The Bertz CT molecular complexity index is 177. The zero-order valence-corrected chi connectivity index (χ0v) is 9.46. The van der Waals surface area contributed by atoms with Crippen LogP contribution in [0.2, 0.25) is 0 Å². The van der Waals surface area contributed by atoms with Crippen molar-refractivity contribution in [3.05, 3.63) is 0 Å². The maximum atomic E-state index is 11.3. The largest absolute Gasteiger partial charge is 0.343 e. The van der Waals surface area contributed by atoms with Crippen LogP contribution in [0.25, 0.3) is 0 Å². The van der Waals surface area contributed by atoms with E-state index in [0.29, 0.717) is 0 Å². The topological polar surface area (TPSA) is 29.1 Å². The molecule has 1 fully saturated rings. The van der Waals surface area contributed by atoms with Gasteiger partial charge in [-0.25, -0.2) is 0 Å². The quantitative estimate of drug-likeness (QED) is 0.727. The van der Waals surface area contributed by atoms with Crippen molar-refractivity contribution < 1.29 is 4.79 Å². The molecule has 1 N–H and O–H groups in total. The maximum Gasteiger partial charge on any atom is 0.279 e. The average molecular weight is 222 g/mol. The Morgan fingerprint density at radius 2 is 2.23 bits per heavy atom. The van der Waals surface area contributed by atoms with Crippen molar-refractivity contribution in [1.29, 1.82) is 0 Å². The lowest BCUT2D eigenvalue weighted by Gasteiger charge is -2.27. The Hall–Kier alpha value is 0.110. The van der Waals surface area contributed by atoms with Gasteiger partial charge in [-0.1, -0.05) is 31.5 Å². The molecule has 76 valence electrons. The lowest BCUT2D eigenvalue weighted by Crippen LogP contribution is -2.41. The molecule has 0 heterocycles. The number of hydrogen-bond donors (Lipinski definition) is 1. The van der Waals surface area contributed by atoms with Gasteiger partial charge >= 0.3 is 0 Å². The van der Waals surface area contributed by atoms with Crippen LogP contribution in [0.15, 0.2) is 0 Å². The molecule has 1 aliphatic carbocycles. The highest BCUT2D eigenvalue weighted by atomic mass is 35.5. The van der Waals surface area contributed by atoms with Gasteiger partial charge in [0.15, 0.2) is 0 Å². The van der Waals surface area contributed by atoms with Gasteiger partial charge in [-0.05, 0) is 18.6 Å². The van der Waals surface area contributed by atoms with Crippen LogP contribution in [-0.4, -0.2) is 22.4 Å². The lowest BCUT2D eigenvalue weighted by molar-refractivity contribution is 0.253. The summed E-state index contributed by atoms with van der Waals surface area (Å²) >= 11 is 7.42. The highest BCUT2D eigenvalue weighted by Crippen LogP contribution is 2.23. The third kappa shape index (κ3) is 3.77. The van der Waals surface area contributed by atoms with Gasteiger partial charge < -0.3 is 5.32 Å². The van der Waals surface area contributed by atoms with E-state index >= 15 is 0 Å². The lowest BCUT2D eigenvalue weighted by atomic mass is 9.95. The van der Waals surface area contributed by atoms with Crippen LogP contribution in [0.4, 0.5) is 4.79 Å². The molecule has 1 rings (SSSR count). The summed E-state index contributed by atoms with van der Waals surface area (Å²) < 4.78 is 0. The summed E-state index contributed by atoms with van der Waals surface area (Å²) in [6, 6.07) is 0.196. The standard InChI is InChI=1S/C9H16ClNOS/c1-2-13-9(12)11-8-6-4-3-5-7(8)10/h7-8H,2-6H2,1H3,(H,11,12)/t7-,8-/m1/s1. The van der Waals surface area contributed by atoms with Crippen molar-refractivity contribution in [2.24, 2.45) is 0 Å². The molecule has 13 heavy (non-hydrogen) atoms. The number of carbonyl (C=O) groups is 1.